The molecule has 12 amide bonds. The first-order chi connectivity index (χ1) is 62.9. The number of unbranched alkanes of at least 4 members (excludes halogenated alkanes) is 2. The van der Waals surface area contributed by atoms with Crippen molar-refractivity contribution in [3.63, 3.8) is 0 Å². The lowest BCUT2D eigenvalue weighted by Gasteiger charge is -2.42. The normalized spacial score (nSPS) is 25.5. The van der Waals surface area contributed by atoms with Crippen LogP contribution in [0.15, 0.2) is 121 Å². The van der Waals surface area contributed by atoms with Gasteiger partial charge in [-0.05, 0) is 119 Å². The Morgan fingerprint density at radius 2 is 1.47 bits per heavy atom. The lowest BCUT2D eigenvalue weighted by Crippen LogP contribution is -2.63. The van der Waals surface area contributed by atoms with Crippen LogP contribution in [0.5, 0.6) is 11.5 Å². The summed E-state index contributed by atoms with van der Waals surface area (Å²) in [5, 5.41) is 72.6. The van der Waals surface area contributed by atoms with Crippen molar-refractivity contribution in [1.82, 2.24) is 63.1 Å². The molecule has 5 aromatic rings. The predicted octanol–water partition coefficient (Wildman–Crippen LogP) is 4.67. The number of hydrogen-bond acceptors (Lipinski definition) is 27. The molecule has 4 aromatic carbocycles. The summed E-state index contributed by atoms with van der Waals surface area (Å²) < 4.78 is 29.7. The Labute approximate surface area is 788 Å². The summed E-state index contributed by atoms with van der Waals surface area (Å²) in [6.45, 7) is 11.2. The lowest BCUT2D eigenvalue weighted by atomic mass is 9.83. The summed E-state index contributed by atoms with van der Waals surface area (Å²) in [4.78, 5) is 194. The van der Waals surface area contributed by atoms with Crippen molar-refractivity contribution < 1.29 is 106 Å². The Bertz CT molecular complexity index is 4920. The van der Waals surface area contributed by atoms with Crippen LogP contribution in [-0.2, 0) is 102 Å². The van der Waals surface area contributed by atoms with Crippen molar-refractivity contribution in [1.29, 1.82) is 0 Å². The number of likely N-dealkylation sites (N-methyl/N-ethyl adjacent to an activating group) is 1. The van der Waals surface area contributed by atoms with Gasteiger partial charge in [0.15, 0.2) is 5.72 Å². The number of hydrogen-bond donors (Lipinski definition) is 16. The quantitative estimate of drug-likeness (QED) is 0.0117. The van der Waals surface area contributed by atoms with Crippen molar-refractivity contribution in [2.75, 3.05) is 69.3 Å². The summed E-state index contributed by atoms with van der Waals surface area (Å²) in [5.74, 6) is -10.7. The van der Waals surface area contributed by atoms with Gasteiger partial charge in [-0.2, -0.15) is 0 Å². The van der Waals surface area contributed by atoms with E-state index < -0.39 is 197 Å². The number of amides is 12. The fourth-order valence-corrected chi connectivity index (χ4v) is 20.1. The van der Waals surface area contributed by atoms with Gasteiger partial charge in [-0.25, -0.2) is 9.59 Å². The van der Waals surface area contributed by atoms with Crippen molar-refractivity contribution in [3.05, 3.63) is 148 Å². The van der Waals surface area contributed by atoms with E-state index in [9.17, 15) is 68.4 Å². The first-order valence-electron chi connectivity index (χ1n) is 43.9. The highest BCUT2D eigenvalue weighted by Gasteiger charge is 2.65. The number of allylic oxidation sites excluding steroid dienone is 3. The van der Waals surface area contributed by atoms with Gasteiger partial charge in [0, 0.05) is 112 Å². The number of ether oxygens (including phenoxy) is 5. The third-order valence-corrected chi connectivity index (χ3v) is 28.6. The molecule has 9 rings (SSSR count). The fraction of sp³-hybridized carbons (Fsp3) is 0.527. The molecule has 4 bridgehead atoms. The number of carbonyl (C=O) groups excluding carboxylic acids is 13. The van der Waals surface area contributed by atoms with Crippen LogP contribution in [-0.4, -0.2) is 274 Å². The molecule has 720 valence electrons. The minimum absolute atomic E-state index is 0.0210. The van der Waals surface area contributed by atoms with Crippen LogP contribution in [0.4, 0.5) is 10.5 Å². The highest BCUT2D eigenvalue weighted by molar-refractivity contribution is 8.77. The Kier molecular flexibility index (Phi) is 40.2. The van der Waals surface area contributed by atoms with Gasteiger partial charge >= 0.3 is 12.1 Å². The molecular formula is C91H123ClN14O22S4. The number of rotatable bonds is 33. The molecular weight excluding hydrogens is 1800 g/mol. The van der Waals surface area contributed by atoms with Gasteiger partial charge in [-0.1, -0.05) is 166 Å². The van der Waals surface area contributed by atoms with Crippen LogP contribution in [0, 0.1) is 5.92 Å². The number of phenols is 1. The second kappa shape index (κ2) is 50.3. The Balaban J connectivity index is 0.894. The number of aromatic hydroxyl groups is 1. The maximum Gasteiger partial charge on any atom is 0.409 e. The number of aliphatic hydroxyl groups excluding tert-OH is 2. The van der Waals surface area contributed by atoms with E-state index in [4.69, 9.17) is 41.0 Å². The van der Waals surface area contributed by atoms with E-state index in [1.54, 1.807) is 99.8 Å². The van der Waals surface area contributed by atoms with Crippen molar-refractivity contribution in [3.8, 4) is 11.5 Å². The standard InChI is InChI=1S/C91H123ClN14O22S4/c1-12-22-73(110)96-63(40-55-24-15-13-16-25-55)81(114)100-66-48-131-132-49-67(101-87(120)78(54(6)108)103-80(113)62(28-17-14-20-35-93)97-83(116)65(44-58-47-95-61-27-19-18-26-60(58)61)99-82(115)64(98-84(66)117)41-56-30-32-59(109)33-31-56)85(118)102-77(53(5)107)86(119)94-36-38-130-129-37-34-74(111)105(8)52(4)88(121)127-72-45-75(112)106(9)68-42-57(43-69(124-10)76(68)92)39-50(2)23-21-29-71(125-11)91(123)46-70(126-89(122)104-91)51(3)79-90(72,7)128-79/h13,15-16,18-19,21,23-27,29-33,42-43,47,51-54,62-67,70-72,77-79,95,107-109,123H,12,14,17,20,22,28,34-41,44-46,48-49,93H2,1-11H3,(H,94,119)(H,96,110)(H,97,116)(H,98,117)(H,99,115)(H,100,114)(H,101,120)(H,102,118)(H,103,113)(H,104,122)/b29-21+,50-23+/t51-,52+,53-,54-,62+,63-,64+,65-,66+,67+,70+,71-,72+,77+,78+,79+,90+,91+/m1/s1. The Hall–Kier alpha value is -10.1. The number of nitrogens with one attached hydrogen (secondary N) is 11. The minimum Gasteiger partial charge on any atom is -0.508 e. The van der Waals surface area contributed by atoms with E-state index in [1.165, 1.54) is 105 Å². The van der Waals surface area contributed by atoms with Crippen molar-refractivity contribution in [2.45, 2.75) is 234 Å². The lowest BCUT2D eigenvalue weighted by molar-refractivity contribution is -0.162. The number of carbonyl (C=O) groups is 13. The van der Waals surface area contributed by atoms with Crippen LogP contribution in [0.2, 0.25) is 5.02 Å². The topological polar surface area (TPSA) is 521 Å². The second-order valence-electron chi connectivity index (χ2n) is 33.5. The largest absolute Gasteiger partial charge is 0.508 e. The number of nitrogens with zero attached hydrogens (tertiary/aromatic N) is 2. The second-order valence-corrected chi connectivity index (χ2v) is 39.2. The highest BCUT2D eigenvalue weighted by Crippen LogP contribution is 2.50. The van der Waals surface area contributed by atoms with E-state index in [0.29, 0.717) is 71.9 Å². The smallest absolute Gasteiger partial charge is 0.409 e. The first-order valence-corrected chi connectivity index (χ1v) is 49.2. The molecule has 41 heteroatoms. The molecule has 0 radical (unpaired) electrons. The van der Waals surface area contributed by atoms with Gasteiger partial charge in [0.05, 0.1) is 37.5 Å². The van der Waals surface area contributed by atoms with E-state index in [0.717, 1.165) is 32.7 Å². The molecule has 1 aromatic heterocycles. The number of aromatic nitrogens is 1. The van der Waals surface area contributed by atoms with Gasteiger partial charge in [0.25, 0.3) is 0 Å². The van der Waals surface area contributed by atoms with Crippen molar-refractivity contribution in [2.24, 2.45) is 11.7 Å². The number of halogens is 1. The average Bonchev–Trinajstić information content (AvgIpc) is 1.57. The van der Waals surface area contributed by atoms with Gasteiger partial charge in [0.2, 0.25) is 65.0 Å². The number of para-hydroxylation sites is 1. The number of esters is 1. The van der Waals surface area contributed by atoms with E-state index >= 15 is 14.4 Å². The average molecular weight is 1930 g/mol. The number of benzene rings is 4. The summed E-state index contributed by atoms with van der Waals surface area (Å²) in [6, 6.07) is 11.5. The van der Waals surface area contributed by atoms with Crippen molar-refractivity contribution >= 4 is 148 Å². The maximum absolute atomic E-state index is 15.3. The van der Waals surface area contributed by atoms with Crippen LogP contribution in [0.1, 0.15) is 129 Å². The number of methoxy groups -OCH3 is 2. The molecule has 18 atom stereocenters. The third kappa shape index (κ3) is 29.7. The summed E-state index contributed by atoms with van der Waals surface area (Å²) in [5.41, 5.74) is 6.76. The number of anilines is 1. The monoisotopic (exact) mass is 1930 g/mol. The Morgan fingerprint density at radius 1 is 0.795 bits per heavy atom. The highest BCUT2D eigenvalue weighted by atomic mass is 35.5. The number of aromatic amines is 1. The van der Waals surface area contributed by atoms with E-state index in [2.05, 4.69) is 58.2 Å². The summed E-state index contributed by atoms with van der Waals surface area (Å²) >= 11 is 6.89. The molecule has 0 spiro atoms. The number of alkyl carbamates (subject to hydrolysis) is 1. The summed E-state index contributed by atoms with van der Waals surface area (Å²) in [7, 11) is 10.1. The predicted molar refractivity (Wildman–Crippen MR) is 504 cm³/mol. The van der Waals surface area contributed by atoms with E-state index in [-0.39, 0.29) is 85.3 Å². The minimum atomic E-state index is -1.94. The van der Waals surface area contributed by atoms with Crippen LogP contribution in [0.25, 0.3) is 10.9 Å². The number of epoxide rings is 1. The van der Waals surface area contributed by atoms with Gasteiger partial charge in [0.1, 0.15) is 94.8 Å². The molecule has 4 aliphatic rings. The fourth-order valence-electron chi connectivity index (χ4n) is 15.5. The number of aliphatic hydroxyl groups is 3. The molecule has 36 nitrogen and oxygen atoms in total. The molecule has 0 unspecified atom stereocenters. The summed E-state index contributed by atoms with van der Waals surface area (Å²) in [6.07, 6.45) is -0.569. The molecule has 5 heterocycles. The molecule has 0 saturated carbocycles. The molecule has 132 heavy (non-hydrogen) atoms. The van der Waals surface area contributed by atoms with Crippen LogP contribution < -0.4 is 68.5 Å². The van der Waals surface area contributed by atoms with Gasteiger partial charge < -0.3 is 112 Å². The number of nitrogens with two attached hydrogens (primary N) is 1. The van der Waals surface area contributed by atoms with Gasteiger partial charge in [-0.3, -0.25) is 58.1 Å². The van der Waals surface area contributed by atoms with Gasteiger partial charge in [-0.15, -0.1) is 0 Å². The Morgan fingerprint density at radius 3 is 2.16 bits per heavy atom. The number of H-pyrrole nitrogens is 1. The zero-order chi connectivity index (χ0) is 96.3. The van der Waals surface area contributed by atoms with E-state index in [1.807, 2.05) is 19.1 Å². The molecule has 3 saturated heterocycles. The zero-order valence-corrected chi connectivity index (χ0v) is 79.8. The zero-order valence-electron chi connectivity index (χ0n) is 75.8. The SMILES string of the molecule is CCCC(=O)N[C@H](Cc1ccccc1)C(=O)N[C@H]1CSSC[C@@H](C(=O)N[C@H](C(=O)NCCSSCCC(=O)N(C)[C@@H](C)C(=O)O[C@H]2CC(=O)N(C)c3cc(cc(OC)c3Cl)C/C(C)=C/C=C/[C@@H](OC)[C@@]3(O)C[C@H](OC(=O)N3)[C@@H](C)[C@@H]3O[C@@]23C)[C@@H](C)O)NC(=O)[C@H]([C@@H](C)O)NC(=O)[C@H](CCCCCN)NC(=O)[C@@H](Cc2c[nH]c3ccccc23)NC(=O)[C@H](Cc2ccc(O)cc2)NC1=O. The van der Waals surface area contributed by atoms with Crippen LogP contribution >= 0.6 is 54.8 Å². The molecule has 0 aliphatic carbocycles. The number of fused-ring (bicyclic) bond motifs is 6. The first kappa shape index (κ1) is 106. The van der Waals surface area contributed by atoms with Crippen LogP contribution in [0.3, 0.4) is 0 Å². The molecule has 17 N–H and O–H groups in total. The molecule has 4 aliphatic heterocycles. The molecule has 3 fully saturated rings. The third-order valence-electron chi connectivity index (χ3n) is 23.4. The maximum atomic E-state index is 15.3. The number of phenolic OH excluding ortho intramolecular Hbond substituents is 1.